The van der Waals surface area contributed by atoms with E-state index in [2.05, 4.69) is 0 Å². The zero-order chi connectivity index (χ0) is 17.1. The van der Waals surface area contributed by atoms with Crippen molar-refractivity contribution in [2.75, 3.05) is 0 Å². The summed E-state index contributed by atoms with van der Waals surface area (Å²) in [7, 11) is 0. The molecule has 1 fully saturated rings. The molecule has 0 amide bonds. The van der Waals surface area contributed by atoms with Crippen LogP contribution in [-0.2, 0) is 14.3 Å². The minimum Gasteiger partial charge on any atom is -0.426 e. The van der Waals surface area contributed by atoms with E-state index in [1.807, 2.05) is 6.92 Å². The highest BCUT2D eigenvalue weighted by molar-refractivity contribution is 5.89. The van der Waals surface area contributed by atoms with Gasteiger partial charge in [-0.25, -0.2) is 4.79 Å². The number of hydrogen-bond donors (Lipinski definition) is 0. The van der Waals surface area contributed by atoms with Crippen LogP contribution in [0.5, 0.6) is 11.5 Å². The number of carbonyl (C=O) groups excluding carboxylic acids is 2. The second-order valence-corrected chi connectivity index (χ2v) is 5.90. The van der Waals surface area contributed by atoms with Crippen molar-refractivity contribution in [1.29, 1.82) is 0 Å². The van der Waals surface area contributed by atoms with Gasteiger partial charge in [-0.3, -0.25) is 4.79 Å². The normalized spacial score (nSPS) is 20.3. The Balaban J connectivity index is 2.24. The van der Waals surface area contributed by atoms with Crippen LogP contribution in [0.2, 0.25) is 0 Å². The number of benzene rings is 1. The van der Waals surface area contributed by atoms with E-state index in [1.54, 1.807) is 52.0 Å². The summed E-state index contributed by atoms with van der Waals surface area (Å²) in [6, 6.07) is 4.94. The predicted molar refractivity (Wildman–Crippen MR) is 85.3 cm³/mol. The van der Waals surface area contributed by atoms with Crippen molar-refractivity contribution in [3.63, 3.8) is 0 Å². The highest BCUT2D eigenvalue weighted by atomic mass is 16.6. The minimum absolute atomic E-state index is 0.0507. The van der Waals surface area contributed by atoms with Crippen molar-refractivity contribution in [2.24, 2.45) is 5.92 Å². The second kappa shape index (κ2) is 6.96. The lowest BCUT2D eigenvalue weighted by Crippen LogP contribution is -2.16. The number of epoxide rings is 1. The zero-order valence-electron chi connectivity index (χ0n) is 14.1. The Morgan fingerprint density at radius 3 is 2.43 bits per heavy atom. The molecule has 1 aliphatic rings. The fourth-order valence-electron chi connectivity index (χ4n) is 1.95. The maximum Gasteiger partial charge on any atom is 0.338 e. The van der Waals surface area contributed by atoms with Gasteiger partial charge in [-0.15, -0.1) is 0 Å². The summed E-state index contributed by atoms with van der Waals surface area (Å²) in [4.78, 5) is 23.7. The first-order chi connectivity index (χ1) is 10.8. The van der Waals surface area contributed by atoms with Crippen molar-refractivity contribution in [2.45, 2.75) is 46.8 Å². The van der Waals surface area contributed by atoms with Gasteiger partial charge in [0, 0.05) is 11.1 Å². The molecule has 1 saturated heterocycles. The van der Waals surface area contributed by atoms with E-state index in [-0.39, 0.29) is 24.1 Å². The van der Waals surface area contributed by atoms with Crippen LogP contribution in [0, 0.1) is 5.92 Å². The monoisotopic (exact) mass is 318 g/mol. The van der Waals surface area contributed by atoms with Gasteiger partial charge < -0.3 is 14.2 Å². The highest BCUT2D eigenvalue weighted by Crippen LogP contribution is 2.44. The fraction of sp³-hybridized carbons (Fsp3) is 0.444. The average molecular weight is 318 g/mol. The van der Waals surface area contributed by atoms with Gasteiger partial charge in [0.05, 0.1) is 12.0 Å². The molecular formula is C18H22O5. The fourth-order valence-corrected chi connectivity index (χ4v) is 1.95. The molecule has 23 heavy (non-hydrogen) atoms. The van der Waals surface area contributed by atoms with Crippen LogP contribution in [0.3, 0.4) is 0 Å². The molecule has 0 unspecified atom stereocenters. The first-order valence-corrected chi connectivity index (χ1v) is 7.69. The molecule has 1 aromatic rings. The number of carbonyl (C=O) groups is 2. The number of hydrogen-bond acceptors (Lipinski definition) is 5. The summed E-state index contributed by atoms with van der Waals surface area (Å²) in [6.45, 7) is 8.94. The van der Waals surface area contributed by atoms with Gasteiger partial charge in [-0.2, -0.15) is 0 Å². The summed E-state index contributed by atoms with van der Waals surface area (Å²) >= 11 is 0. The maximum absolute atomic E-state index is 11.8. The summed E-state index contributed by atoms with van der Waals surface area (Å²) in [5, 5.41) is 0. The van der Waals surface area contributed by atoms with Crippen LogP contribution in [0.4, 0.5) is 0 Å². The highest BCUT2D eigenvalue weighted by Gasteiger charge is 2.38. The molecule has 0 aliphatic carbocycles. The van der Waals surface area contributed by atoms with E-state index in [1.165, 1.54) is 0 Å². The molecule has 0 spiro atoms. The van der Waals surface area contributed by atoms with Crippen molar-refractivity contribution < 1.29 is 23.8 Å². The van der Waals surface area contributed by atoms with Gasteiger partial charge in [0.1, 0.15) is 17.6 Å². The summed E-state index contributed by atoms with van der Waals surface area (Å²) < 4.78 is 16.2. The number of allylic oxidation sites excluding steroid dienone is 1. The summed E-state index contributed by atoms with van der Waals surface area (Å²) in [6.07, 6.45) is 1.59. The molecular weight excluding hydrogens is 296 g/mol. The van der Waals surface area contributed by atoms with Crippen molar-refractivity contribution >= 4 is 11.9 Å². The van der Waals surface area contributed by atoms with E-state index in [9.17, 15) is 9.59 Å². The molecule has 0 N–H and O–H groups in total. The predicted octanol–water partition coefficient (Wildman–Crippen LogP) is 3.58. The molecule has 1 aromatic carbocycles. The lowest BCUT2D eigenvalue weighted by atomic mass is 10.1. The Morgan fingerprint density at radius 2 is 1.91 bits per heavy atom. The van der Waals surface area contributed by atoms with Gasteiger partial charge in [-0.1, -0.05) is 19.9 Å². The van der Waals surface area contributed by atoms with E-state index in [0.29, 0.717) is 17.1 Å². The standard InChI is InChI=1S/C18H22O5/c1-6-11(4)18(20)22-13-7-8-15(23-17(19)10(2)3)14(9-13)16-12(5)21-16/h6-10,12,16H,1-5H3/b11-6-/t12-,16+/m1/s1. The number of ether oxygens (including phenoxy) is 3. The Morgan fingerprint density at radius 1 is 1.26 bits per heavy atom. The first kappa shape index (κ1) is 17.2. The molecule has 1 aliphatic heterocycles. The molecule has 1 heterocycles. The van der Waals surface area contributed by atoms with Crippen molar-refractivity contribution in [3.8, 4) is 11.5 Å². The van der Waals surface area contributed by atoms with Gasteiger partial charge >= 0.3 is 11.9 Å². The van der Waals surface area contributed by atoms with Crippen molar-refractivity contribution in [3.05, 3.63) is 35.4 Å². The average Bonchev–Trinajstić information content (AvgIpc) is 3.24. The van der Waals surface area contributed by atoms with Gasteiger partial charge in [0.2, 0.25) is 0 Å². The molecule has 124 valence electrons. The van der Waals surface area contributed by atoms with Crippen LogP contribution >= 0.6 is 0 Å². The SMILES string of the molecule is C/C=C(/C)C(=O)Oc1ccc(OC(=O)C(C)C)c([C@H]2O[C@@H]2C)c1. The Bertz CT molecular complexity index is 645. The van der Waals surface area contributed by atoms with Crippen LogP contribution in [0.15, 0.2) is 29.8 Å². The third-order valence-electron chi connectivity index (χ3n) is 3.65. The Hall–Kier alpha value is -2.14. The van der Waals surface area contributed by atoms with Crippen LogP contribution in [0.25, 0.3) is 0 Å². The Kier molecular flexibility index (Phi) is 5.21. The van der Waals surface area contributed by atoms with Crippen molar-refractivity contribution in [1.82, 2.24) is 0 Å². The van der Waals surface area contributed by atoms with Gasteiger partial charge in [0.15, 0.2) is 0 Å². The lowest BCUT2D eigenvalue weighted by Gasteiger charge is -2.12. The molecule has 0 bridgehead atoms. The molecule has 2 rings (SSSR count). The van der Waals surface area contributed by atoms with E-state index < -0.39 is 5.97 Å². The van der Waals surface area contributed by atoms with E-state index >= 15 is 0 Å². The quantitative estimate of drug-likeness (QED) is 0.359. The van der Waals surface area contributed by atoms with Crippen LogP contribution in [0.1, 0.15) is 46.3 Å². The van der Waals surface area contributed by atoms with E-state index in [4.69, 9.17) is 14.2 Å². The summed E-state index contributed by atoms with van der Waals surface area (Å²) in [5.74, 6) is -0.0988. The summed E-state index contributed by atoms with van der Waals surface area (Å²) in [5.41, 5.74) is 1.24. The molecule has 5 heteroatoms. The molecule has 0 aromatic heterocycles. The van der Waals surface area contributed by atoms with Crippen LogP contribution < -0.4 is 9.47 Å². The van der Waals surface area contributed by atoms with Crippen LogP contribution in [-0.4, -0.2) is 18.0 Å². The third kappa shape index (κ3) is 4.20. The lowest BCUT2D eigenvalue weighted by molar-refractivity contribution is -0.138. The molecule has 2 atom stereocenters. The topological polar surface area (TPSA) is 65.1 Å². The smallest absolute Gasteiger partial charge is 0.338 e. The molecule has 0 saturated carbocycles. The van der Waals surface area contributed by atoms with Gasteiger partial charge in [0.25, 0.3) is 0 Å². The minimum atomic E-state index is -0.407. The number of esters is 2. The first-order valence-electron chi connectivity index (χ1n) is 7.69. The van der Waals surface area contributed by atoms with E-state index in [0.717, 1.165) is 5.56 Å². The third-order valence-corrected chi connectivity index (χ3v) is 3.65. The molecule has 0 radical (unpaired) electrons. The zero-order valence-corrected chi connectivity index (χ0v) is 14.1. The number of rotatable bonds is 5. The maximum atomic E-state index is 11.8. The second-order valence-electron chi connectivity index (χ2n) is 5.90. The largest absolute Gasteiger partial charge is 0.426 e. The van der Waals surface area contributed by atoms with Gasteiger partial charge in [-0.05, 0) is 39.0 Å². The Labute approximate surface area is 136 Å². The molecule has 5 nitrogen and oxygen atoms in total.